The molecule has 0 bridgehead atoms. The highest BCUT2D eigenvalue weighted by atomic mass is 35.5. The molecule has 0 aliphatic heterocycles. The summed E-state index contributed by atoms with van der Waals surface area (Å²) < 4.78 is 1.83. The van der Waals surface area contributed by atoms with Crippen LogP contribution in [0, 0.1) is 13.8 Å². The van der Waals surface area contributed by atoms with Crippen molar-refractivity contribution in [2.75, 3.05) is 16.4 Å². The monoisotopic (exact) mass is 478 g/mol. The minimum Gasteiger partial charge on any atom is -0.325 e. The van der Waals surface area contributed by atoms with Crippen molar-refractivity contribution < 1.29 is 9.59 Å². The van der Waals surface area contributed by atoms with Gasteiger partial charge in [0.2, 0.25) is 11.8 Å². The van der Waals surface area contributed by atoms with Gasteiger partial charge >= 0.3 is 0 Å². The van der Waals surface area contributed by atoms with Crippen LogP contribution in [0.1, 0.15) is 11.1 Å². The van der Waals surface area contributed by atoms with Crippen LogP contribution in [0.25, 0.3) is 11.0 Å². The van der Waals surface area contributed by atoms with Gasteiger partial charge in [-0.25, -0.2) is 4.98 Å². The third-order valence-electron chi connectivity index (χ3n) is 5.13. The maximum Gasteiger partial charge on any atom is 0.244 e. The van der Waals surface area contributed by atoms with Gasteiger partial charge in [0.15, 0.2) is 5.16 Å². The van der Waals surface area contributed by atoms with E-state index in [9.17, 15) is 9.59 Å². The summed E-state index contributed by atoms with van der Waals surface area (Å²) in [4.78, 5) is 30.0. The minimum atomic E-state index is -0.200. The number of nitrogens with zero attached hydrogens (tertiary/aromatic N) is 2. The second-order valence-electron chi connectivity index (χ2n) is 7.63. The number of thioether (sulfide) groups is 1. The number of carbonyl (C=O) groups excluding carboxylic acids is 2. The summed E-state index contributed by atoms with van der Waals surface area (Å²) in [5.41, 5.74) is 4.95. The number of hydrogen-bond acceptors (Lipinski definition) is 4. The van der Waals surface area contributed by atoms with Gasteiger partial charge in [-0.05, 0) is 55.8 Å². The lowest BCUT2D eigenvalue weighted by atomic mass is 10.2. The Hall–Kier alpha value is -3.29. The molecule has 3 aromatic carbocycles. The molecule has 0 fully saturated rings. The fraction of sp³-hybridized carbons (Fsp3) is 0.160. The van der Waals surface area contributed by atoms with Crippen molar-refractivity contribution >= 4 is 57.6 Å². The first-order valence-corrected chi connectivity index (χ1v) is 11.8. The standard InChI is InChI=1S/C25H23ClN4O2S/c1-16-10-12-18(13-11-16)27-24(32)15-33-25-29-21-7-3-4-9-22(21)30(25)14-23(31)28-20-8-5-6-19(26)17(20)2/h3-13H,14-15H2,1-2H3,(H,27,32)(H,28,31). The first-order valence-electron chi connectivity index (χ1n) is 10.4. The van der Waals surface area contributed by atoms with Gasteiger partial charge in [-0.2, -0.15) is 0 Å². The Morgan fingerprint density at radius 2 is 1.70 bits per heavy atom. The highest BCUT2D eigenvalue weighted by Crippen LogP contribution is 2.26. The lowest BCUT2D eigenvalue weighted by Crippen LogP contribution is -2.20. The van der Waals surface area contributed by atoms with Crippen LogP contribution in [0.4, 0.5) is 11.4 Å². The molecule has 0 unspecified atom stereocenters. The Morgan fingerprint density at radius 3 is 2.48 bits per heavy atom. The van der Waals surface area contributed by atoms with Crippen LogP contribution >= 0.6 is 23.4 Å². The van der Waals surface area contributed by atoms with Crippen molar-refractivity contribution in [2.45, 2.75) is 25.5 Å². The van der Waals surface area contributed by atoms with Crippen molar-refractivity contribution in [1.29, 1.82) is 0 Å². The molecule has 0 aliphatic carbocycles. The Morgan fingerprint density at radius 1 is 0.939 bits per heavy atom. The zero-order valence-electron chi connectivity index (χ0n) is 18.3. The fourth-order valence-corrected chi connectivity index (χ4v) is 4.35. The Labute approximate surface area is 201 Å². The van der Waals surface area contributed by atoms with Crippen molar-refractivity contribution in [3.63, 3.8) is 0 Å². The first kappa shape index (κ1) is 22.9. The summed E-state index contributed by atoms with van der Waals surface area (Å²) in [5, 5.41) is 7.01. The summed E-state index contributed by atoms with van der Waals surface area (Å²) in [5.74, 6) is -0.164. The van der Waals surface area contributed by atoms with Crippen molar-refractivity contribution in [2.24, 2.45) is 0 Å². The number of aryl methyl sites for hydroxylation is 1. The molecule has 6 nitrogen and oxygen atoms in total. The molecule has 0 atom stereocenters. The van der Waals surface area contributed by atoms with Crippen LogP contribution < -0.4 is 10.6 Å². The average molecular weight is 479 g/mol. The maximum atomic E-state index is 12.9. The van der Waals surface area contributed by atoms with E-state index in [-0.39, 0.29) is 24.1 Å². The Kier molecular flexibility index (Phi) is 7.01. The molecular weight excluding hydrogens is 456 g/mol. The summed E-state index contributed by atoms with van der Waals surface area (Å²) in [6.07, 6.45) is 0. The second-order valence-corrected chi connectivity index (χ2v) is 8.98. The third-order valence-corrected chi connectivity index (χ3v) is 6.52. The Balaban J connectivity index is 1.49. The number of halogens is 1. The molecular formula is C25H23ClN4O2S. The Bertz CT molecular complexity index is 1320. The lowest BCUT2D eigenvalue weighted by molar-refractivity contribution is -0.117. The number of imidazole rings is 1. The van der Waals surface area contributed by atoms with Gasteiger partial charge in [-0.15, -0.1) is 0 Å². The van der Waals surface area contributed by atoms with Crippen LogP contribution in [0.3, 0.4) is 0 Å². The van der Waals surface area contributed by atoms with E-state index in [0.29, 0.717) is 15.9 Å². The number of para-hydroxylation sites is 2. The molecule has 0 radical (unpaired) electrons. The van der Waals surface area contributed by atoms with Gasteiger partial charge in [0, 0.05) is 16.4 Å². The normalized spacial score (nSPS) is 10.9. The highest BCUT2D eigenvalue weighted by molar-refractivity contribution is 7.99. The van der Waals surface area contributed by atoms with Gasteiger partial charge in [-0.1, -0.05) is 59.3 Å². The molecule has 1 heterocycles. The van der Waals surface area contributed by atoms with E-state index in [4.69, 9.17) is 11.6 Å². The molecule has 0 aliphatic rings. The largest absolute Gasteiger partial charge is 0.325 e. The second kappa shape index (κ2) is 10.1. The van der Waals surface area contributed by atoms with E-state index >= 15 is 0 Å². The summed E-state index contributed by atoms with van der Waals surface area (Å²) in [7, 11) is 0. The van der Waals surface area contributed by atoms with E-state index in [1.54, 1.807) is 12.1 Å². The summed E-state index contributed by atoms with van der Waals surface area (Å²) in [6, 6.07) is 20.6. The molecule has 0 saturated heterocycles. The van der Waals surface area contributed by atoms with Gasteiger partial charge < -0.3 is 15.2 Å². The molecule has 8 heteroatoms. The fourth-order valence-electron chi connectivity index (χ4n) is 3.36. The van der Waals surface area contributed by atoms with Crippen molar-refractivity contribution in [3.05, 3.63) is 82.9 Å². The summed E-state index contributed by atoms with van der Waals surface area (Å²) in [6.45, 7) is 3.92. The van der Waals surface area contributed by atoms with Crippen LogP contribution in [0.2, 0.25) is 5.02 Å². The molecule has 0 spiro atoms. The van der Waals surface area contributed by atoms with E-state index in [1.165, 1.54) is 11.8 Å². The predicted octanol–water partition coefficient (Wildman–Crippen LogP) is 5.68. The zero-order valence-corrected chi connectivity index (χ0v) is 19.8. The highest BCUT2D eigenvalue weighted by Gasteiger charge is 2.16. The van der Waals surface area contributed by atoms with Crippen molar-refractivity contribution in [3.8, 4) is 0 Å². The molecule has 0 saturated carbocycles. The van der Waals surface area contributed by atoms with Crippen LogP contribution in [-0.2, 0) is 16.1 Å². The number of rotatable bonds is 7. The molecule has 2 amide bonds. The van der Waals surface area contributed by atoms with Gasteiger partial charge in [0.05, 0.1) is 16.8 Å². The predicted molar refractivity (Wildman–Crippen MR) is 135 cm³/mol. The summed E-state index contributed by atoms with van der Waals surface area (Å²) >= 11 is 7.47. The number of fused-ring (bicyclic) bond motifs is 1. The zero-order chi connectivity index (χ0) is 23.4. The van der Waals surface area contributed by atoms with Gasteiger partial charge in [0.1, 0.15) is 6.54 Å². The average Bonchev–Trinajstić information content (AvgIpc) is 3.14. The lowest BCUT2D eigenvalue weighted by Gasteiger charge is -2.12. The third kappa shape index (κ3) is 5.56. The van der Waals surface area contributed by atoms with E-state index in [0.717, 1.165) is 27.8 Å². The van der Waals surface area contributed by atoms with E-state index in [1.807, 2.05) is 73.0 Å². The number of anilines is 2. The quantitative estimate of drug-likeness (QED) is 0.335. The SMILES string of the molecule is Cc1ccc(NC(=O)CSc2nc3ccccc3n2CC(=O)Nc2cccc(Cl)c2C)cc1. The molecule has 168 valence electrons. The number of carbonyl (C=O) groups is 2. The smallest absolute Gasteiger partial charge is 0.244 e. The molecule has 1 aromatic heterocycles. The van der Waals surface area contributed by atoms with E-state index < -0.39 is 0 Å². The van der Waals surface area contributed by atoms with Gasteiger partial charge in [0.25, 0.3) is 0 Å². The number of aromatic nitrogens is 2. The molecule has 4 rings (SSSR count). The number of hydrogen-bond donors (Lipinski definition) is 2. The van der Waals surface area contributed by atoms with Crippen LogP contribution in [-0.4, -0.2) is 27.1 Å². The van der Waals surface area contributed by atoms with Gasteiger partial charge in [-0.3, -0.25) is 9.59 Å². The van der Waals surface area contributed by atoms with Crippen LogP contribution in [0.5, 0.6) is 0 Å². The minimum absolute atomic E-state index is 0.0639. The number of benzene rings is 3. The van der Waals surface area contributed by atoms with Crippen molar-refractivity contribution in [1.82, 2.24) is 9.55 Å². The van der Waals surface area contributed by atoms with Crippen LogP contribution in [0.15, 0.2) is 71.9 Å². The number of nitrogens with one attached hydrogen (secondary N) is 2. The maximum absolute atomic E-state index is 12.9. The van der Waals surface area contributed by atoms with E-state index in [2.05, 4.69) is 15.6 Å². The topological polar surface area (TPSA) is 76.0 Å². The molecule has 4 aromatic rings. The first-order chi connectivity index (χ1) is 15.9. The number of amides is 2. The molecule has 2 N–H and O–H groups in total. The molecule has 33 heavy (non-hydrogen) atoms.